The number of ether oxygens (including phenoxy) is 1. The van der Waals surface area contributed by atoms with Gasteiger partial charge in [0, 0.05) is 0 Å². The molecule has 0 bridgehead atoms. The number of carbonyl (C=O) groups excluding carboxylic acids is 1. The molecule has 180 valence electrons. The van der Waals surface area contributed by atoms with Gasteiger partial charge in [-0.3, -0.25) is 10.0 Å². The first-order chi connectivity index (χ1) is 16.6. The molecule has 4 rings (SSSR count). The van der Waals surface area contributed by atoms with E-state index in [9.17, 15) is 31.6 Å². The molecule has 0 spiro atoms. The fraction of sp³-hybridized carbons (Fsp3) is 0.0800. The van der Waals surface area contributed by atoms with Gasteiger partial charge in [-0.15, -0.1) is 13.2 Å². The van der Waals surface area contributed by atoms with Gasteiger partial charge in [-0.1, -0.05) is 60.7 Å². The Bertz CT molecular complexity index is 1480. The van der Waals surface area contributed by atoms with Crippen molar-refractivity contribution in [3.8, 4) is 16.9 Å². The van der Waals surface area contributed by atoms with Crippen LogP contribution in [-0.4, -0.2) is 25.9 Å². The number of fused-ring (bicyclic) bond motifs is 1. The van der Waals surface area contributed by atoms with Crippen molar-refractivity contribution in [2.45, 2.75) is 17.0 Å². The zero-order chi connectivity index (χ0) is 25.2. The Morgan fingerprint density at radius 1 is 0.857 bits per heavy atom. The lowest BCUT2D eigenvalue weighted by molar-refractivity contribution is -0.274. The number of carbonyl (C=O) groups is 1. The summed E-state index contributed by atoms with van der Waals surface area (Å²) in [7, 11) is -3.88. The minimum atomic E-state index is -4.79. The highest BCUT2D eigenvalue weighted by atomic mass is 32.2. The zero-order valence-corrected chi connectivity index (χ0v) is 18.7. The first-order valence-electron chi connectivity index (χ1n) is 10.2. The maximum atomic E-state index is 13.1. The quantitative estimate of drug-likeness (QED) is 0.269. The molecule has 4 aromatic rings. The molecule has 0 fully saturated rings. The van der Waals surface area contributed by atoms with Crippen LogP contribution in [-0.2, 0) is 15.6 Å². The first kappa shape index (κ1) is 24.2. The van der Waals surface area contributed by atoms with E-state index < -0.39 is 27.9 Å². The third kappa shape index (κ3) is 5.44. The average Bonchev–Trinajstić information content (AvgIpc) is 2.83. The average molecular weight is 501 g/mol. The van der Waals surface area contributed by atoms with Crippen LogP contribution in [0.3, 0.4) is 0 Å². The predicted molar refractivity (Wildman–Crippen MR) is 123 cm³/mol. The molecule has 10 heteroatoms. The summed E-state index contributed by atoms with van der Waals surface area (Å²) in [5.41, 5.74) is 3.02. The van der Waals surface area contributed by atoms with Gasteiger partial charge < -0.3 is 4.74 Å². The van der Waals surface area contributed by atoms with E-state index in [2.05, 4.69) is 4.74 Å². The topological polar surface area (TPSA) is 92.7 Å². The minimum Gasteiger partial charge on any atom is -0.406 e. The molecule has 0 saturated carbocycles. The van der Waals surface area contributed by atoms with Gasteiger partial charge in [-0.25, -0.2) is 13.9 Å². The highest BCUT2D eigenvalue weighted by Gasteiger charge is 2.31. The van der Waals surface area contributed by atoms with Crippen LogP contribution in [0.5, 0.6) is 5.75 Å². The predicted octanol–water partition coefficient (Wildman–Crippen LogP) is 5.50. The molecule has 4 aromatic carbocycles. The van der Waals surface area contributed by atoms with Gasteiger partial charge in [0.15, 0.2) is 9.84 Å². The Morgan fingerprint density at radius 2 is 1.46 bits per heavy atom. The summed E-state index contributed by atoms with van der Waals surface area (Å²) < 4.78 is 67.1. The Kier molecular flexibility index (Phi) is 6.51. The number of halogens is 3. The van der Waals surface area contributed by atoms with Crippen LogP contribution in [0.1, 0.15) is 15.9 Å². The Labute approximate surface area is 198 Å². The molecule has 6 nitrogen and oxygen atoms in total. The van der Waals surface area contributed by atoms with Gasteiger partial charge in [0.2, 0.25) is 0 Å². The second-order valence-corrected chi connectivity index (χ2v) is 9.61. The van der Waals surface area contributed by atoms with Gasteiger partial charge >= 0.3 is 6.36 Å². The number of amides is 1. The molecule has 0 aromatic heterocycles. The van der Waals surface area contributed by atoms with Crippen LogP contribution in [0, 0.1) is 0 Å². The van der Waals surface area contributed by atoms with Gasteiger partial charge in [-0.05, 0) is 51.7 Å². The molecule has 0 atom stereocenters. The fourth-order valence-corrected chi connectivity index (χ4v) is 5.12. The smallest absolute Gasteiger partial charge is 0.406 e. The van der Waals surface area contributed by atoms with Crippen molar-refractivity contribution in [2.75, 3.05) is 0 Å². The first-order valence-corrected chi connectivity index (χ1v) is 11.9. The number of benzene rings is 4. The van der Waals surface area contributed by atoms with E-state index in [4.69, 9.17) is 0 Å². The van der Waals surface area contributed by atoms with Crippen LogP contribution in [0.15, 0.2) is 89.8 Å². The van der Waals surface area contributed by atoms with E-state index in [1.165, 1.54) is 54.6 Å². The molecule has 0 unspecified atom stereocenters. The molecule has 0 aliphatic carbocycles. The lowest BCUT2D eigenvalue weighted by Crippen LogP contribution is -2.21. The lowest BCUT2D eigenvalue weighted by atomic mass is 9.99. The second kappa shape index (κ2) is 9.40. The number of hydrogen-bond acceptors (Lipinski definition) is 5. The maximum Gasteiger partial charge on any atom is 0.573 e. The highest BCUT2D eigenvalue weighted by molar-refractivity contribution is 7.90. The summed E-state index contributed by atoms with van der Waals surface area (Å²) >= 11 is 0. The van der Waals surface area contributed by atoms with Crippen LogP contribution in [0.4, 0.5) is 13.2 Å². The van der Waals surface area contributed by atoms with Gasteiger partial charge in [0.25, 0.3) is 5.91 Å². The summed E-state index contributed by atoms with van der Waals surface area (Å²) in [6.45, 7) is 0. The number of sulfone groups is 1. The maximum absolute atomic E-state index is 13.1. The monoisotopic (exact) mass is 501 g/mol. The van der Waals surface area contributed by atoms with E-state index in [1.807, 2.05) is 0 Å². The van der Waals surface area contributed by atoms with Crippen molar-refractivity contribution in [1.29, 1.82) is 0 Å². The summed E-state index contributed by atoms with van der Waals surface area (Å²) in [4.78, 5) is 12.3. The van der Waals surface area contributed by atoms with Crippen molar-refractivity contribution < 1.29 is 36.3 Å². The molecule has 0 saturated heterocycles. The summed E-state index contributed by atoms with van der Waals surface area (Å²) in [5.74, 6) is -1.66. The molecule has 35 heavy (non-hydrogen) atoms. The Morgan fingerprint density at radius 3 is 2.06 bits per heavy atom. The largest absolute Gasteiger partial charge is 0.573 e. The third-order valence-electron chi connectivity index (χ3n) is 5.32. The number of hydrogen-bond donors (Lipinski definition) is 2. The van der Waals surface area contributed by atoms with Gasteiger partial charge in [-0.2, -0.15) is 0 Å². The van der Waals surface area contributed by atoms with E-state index in [-0.39, 0.29) is 21.8 Å². The van der Waals surface area contributed by atoms with Crippen LogP contribution >= 0.6 is 0 Å². The Hall–Kier alpha value is -3.89. The molecule has 0 aliphatic rings. The Balaban J connectivity index is 1.61. The number of nitrogens with one attached hydrogen (secondary N) is 1. The van der Waals surface area contributed by atoms with Crippen molar-refractivity contribution in [1.82, 2.24) is 5.48 Å². The minimum absolute atomic E-state index is 0.00166. The van der Waals surface area contributed by atoms with Gasteiger partial charge in [0.05, 0.1) is 16.2 Å². The van der Waals surface area contributed by atoms with E-state index >= 15 is 0 Å². The van der Waals surface area contributed by atoms with Crippen LogP contribution in [0.25, 0.3) is 21.9 Å². The molecule has 2 N–H and O–H groups in total. The van der Waals surface area contributed by atoms with Crippen LogP contribution in [0.2, 0.25) is 0 Å². The van der Waals surface area contributed by atoms with E-state index in [0.29, 0.717) is 21.9 Å². The van der Waals surface area contributed by atoms with Crippen molar-refractivity contribution in [2.24, 2.45) is 0 Å². The second-order valence-electron chi connectivity index (χ2n) is 7.62. The highest BCUT2D eigenvalue weighted by Crippen LogP contribution is 2.29. The molecule has 1 amide bonds. The lowest BCUT2D eigenvalue weighted by Gasteiger charge is -2.13. The SMILES string of the molecule is O=C(NO)c1c(CS(=O)(=O)c2ccc(-c3ccc(OC(F)(F)F)cc3)cc2)ccc2ccccc12. The number of alkyl halides is 3. The van der Waals surface area contributed by atoms with Crippen molar-refractivity contribution >= 4 is 26.5 Å². The summed E-state index contributed by atoms with van der Waals surface area (Å²) in [6, 6.07) is 21.2. The van der Waals surface area contributed by atoms with Crippen LogP contribution < -0.4 is 10.2 Å². The van der Waals surface area contributed by atoms with Crippen molar-refractivity contribution in [3.05, 3.63) is 96.1 Å². The molecule has 0 aliphatic heterocycles. The molecule has 0 heterocycles. The number of rotatable bonds is 6. The van der Waals surface area contributed by atoms with Crippen molar-refractivity contribution in [3.63, 3.8) is 0 Å². The standard InChI is InChI=1S/C25H18F3NO5S/c26-25(27,28)34-20-11-7-16(8-12-20)17-9-13-21(14-10-17)35(32,33)15-19-6-5-18-3-1-2-4-22(18)23(19)24(30)29-31/h1-14,31H,15H2,(H,29,30). The molecule has 0 radical (unpaired) electrons. The zero-order valence-electron chi connectivity index (χ0n) is 17.9. The fourth-order valence-electron chi connectivity index (χ4n) is 3.75. The molecular weight excluding hydrogens is 483 g/mol. The summed E-state index contributed by atoms with van der Waals surface area (Å²) in [6.07, 6.45) is -4.79. The molecular formula is C25H18F3NO5S. The normalized spacial score (nSPS) is 11.9. The number of hydroxylamine groups is 1. The third-order valence-corrected chi connectivity index (χ3v) is 7.01. The summed E-state index contributed by atoms with van der Waals surface area (Å²) in [5, 5.41) is 10.4. The van der Waals surface area contributed by atoms with E-state index in [0.717, 1.165) is 0 Å². The van der Waals surface area contributed by atoms with E-state index in [1.54, 1.807) is 35.8 Å². The van der Waals surface area contributed by atoms with Gasteiger partial charge in [0.1, 0.15) is 5.75 Å².